The van der Waals surface area contributed by atoms with E-state index < -0.39 is 0 Å². The molecule has 1 aliphatic rings. The van der Waals surface area contributed by atoms with E-state index in [1.807, 2.05) is 18.2 Å². The molecular weight excluding hydrogens is 350 g/mol. The van der Waals surface area contributed by atoms with Crippen LogP contribution in [0.15, 0.2) is 47.2 Å². The van der Waals surface area contributed by atoms with Crippen LogP contribution in [0.1, 0.15) is 31.2 Å². The Morgan fingerprint density at radius 3 is 2.92 bits per heavy atom. The van der Waals surface area contributed by atoms with Crippen LogP contribution in [0, 0.1) is 0 Å². The third-order valence-corrected chi connectivity index (χ3v) is 5.96. The highest BCUT2D eigenvalue weighted by molar-refractivity contribution is 7.07. The molecule has 1 aliphatic carbocycles. The summed E-state index contributed by atoms with van der Waals surface area (Å²) in [6, 6.07) is 13.0. The van der Waals surface area contributed by atoms with Crippen LogP contribution in [0.2, 0.25) is 5.02 Å². The molecule has 2 aromatic heterocycles. The minimum atomic E-state index is 0.294. The van der Waals surface area contributed by atoms with Gasteiger partial charge in [-0.05, 0) is 78.4 Å². The van der Waals surface area contributed by atoms with Gasteiger partial charge in [0.05, 0.1) is 5.52 Å². The molecular formula is C20H22ClN3S. The number of halogens is 1. The van der Waals surface area contributed by atoms with Crippen molar-refractivity contribution < 1.29 is 0 Å². The van der Waals surface area contributed by atoms with Gasteiger partial charge in [-0.25, -0.2) is 4.98 Å². The summed E-state index contributed by atoms with van der Waals surface area (Å²) < 4.78 is 0. The maximum Gasteiger partial charge on any atom is 0.129 e. The molecule has 4 rings (SSSR count). The number of hydrogen-bond acceptors (Lipinski definition) is 4. The molecule has 3 aromatic rings. The number of nitrogens with zero attached hydrogens (tertiary/aromatic N) is 2. The highest BCUT2D eigenvalue weighted by Crippen LogP contribution is 2.30. The number of thiophene rings is 1. The average molecular weight is 372 g/mol. The van der Waals surface area contributed by atoms with E-state index in [0.717, 1.165) is 41.1 Å². The van der Waals surface area contributed by atoms with Gasteiger partial charge in [0, 0.05) is 29.0 Å². The fourth-order valence-electron chi connectivity index (χ4n) is 3.71. The number of rotatable bonds is 4. The Bertz CT molecular complexity index is 849. The van der Waals surface area contributed by atoms with E-state index in [0.29, 0.717) is 12.1 Å². The quantitative estimate of drug-likeness (QED) is 0.683. The van der Waals surface area contributed by atoms with E-state index >= 15 is 0 Å². The van der Waals surface area contributed by atoms with Crippen molar-refractivity contribution in [3.8, 4) is 0 Å². The van der Waals surface area contributed by atoms with Crippen LogP contribution in [0.25, 0.3) is 10.9 Å². The molecule has 25 heavy (non-hydrogen) atoms. The van der Waals surface area contributed by atoms with Crippen molar-refractivity contribution in [2.24, 2.45) is 5.73 Å². The Hall–Kier alpha value is -1.62. The smallest absolute Gasteiger partial charge is 0.129 e. The second kappa shape index (κ2) is 7.32. The minimum Gasteiger partial charge on any atom is -0.349 e. The van der Waals surface area contributed by atoms with E-state index in [4.69, 9.17) is 22.3 Å². The van der Waals surface area contributed by atoms with Gasteiger partial charge in [0.15, 0.2) is 0 Å². The second-order valence-corrected chi connectivity index (χ2v) is 8.06. The van der Waals surface area contributed by atoms with Crippen LogP contribution < -0.4 is 10.6 Å². The Morgan fingerprint density at radius 2 is 2.12 bits per heavy atom. The van der Waals surface area contributed by atoms with Crippen LogP contribution in [-0.4, -0.2) is 17.1 Å². The lowest BCUT2D eigenvalue weighted by atomic mass is 9.90. The molecule has 1 fully saturated rings. The van der Waals surface area contributed by atoms with E-state index in [-0.39, 0.29) is 0 Å². The zero-order valence-electron chi connectivity index (χ0n) is 14.1. The lowest BCUT2D eigenvalue weighted by Gasteiger charge is -2.37. The lowest BCUT2D eigenvalue weighted by Crippen LogP contribution is -2.42. The van der Waals surface area contributed by atoms with Gasteiger partial charge < -0.3 is 10.6 Å². The van der Waals surface area contributed by atoms with Crippen LogP contribution in [0.5, 0.6) is 0 Å². The highest BCUT2D eigenvalue weighted by Gasteiger charge is 2.26. The Labute approximate surface area is 157 Å². The predicted molar refractivity (Wildman–Crippen MR) is 107 cm³/mol. The largest absolute Gasteiger partial charge is 0.349 e. The molecule has 5 heteroatoms. The van der Waals surface area contributed by atoms with Crippen LogP contribution in [0.3, 0.4) is 0 Å². The summed E-state index contributed by atoms with van der Waals surface area (Å²) in [7, 11) is 0. The fourth-order valence-corrected chi connectivity index (χ4v) is 4.55. The first-order valence-corrected chi connectivity index (χ1v) is 10.1. The summed E-state index contributed by atoms with van der Waals surface area (Å²) in [5, 5.41) is 6.18. The molecule has 0 radical (unpaired) electrons. The van der Waals surface area contributed by atoms with Gasteiger partial charge in [-0.3, -0.25) is 0 Å². The van der Waals surface area contributed by atoms with Crippen LogP contribution >= 0.6 is 22.9 Å². The van der Waals surface area contributed by atoms with Crippen molar-refractivity contribution in [1.82, 2.24) is 4.98 Å². The molecule has 0 amide bonds. The predicted octanol–water partition coefficient (Wildman–Crippen LogP) is 5.23. The summed E-state index contributed by atoms with van der Waals surface area (Å²) in [6.07, 6.45) is 4.53. The first-order chi connectivity index (χ1) is 12.2. The van der Waals surface area contributed by atoms with Crippen LogP contribution in [-0.2, 0) is 6.54 Å². The topological polar surface area (TPSA) is 42.1 Å². The summed E-state index contributed by atoms with van der Waals surface area (Å²) in [5.41, 5.74) is 8.58. The second-order valence-electron chi connectivity index (χ2n) is 6.85. The maximum atomic E-state index is 6.26. The highest BCUT2D eigenvalue weighted by atomic mass is 35.5. The lowest BCUT2D eigenvalue weighted by molar-refractivity contribution is 0.370. The molecule has 0 bridgehead atoms. The third-order valence-electron chi connectivity index (χ3n) is 4.99. The standard InChI is InChI=1S/C20H22ClN3S/c21-16-5-6-19-15(10-16)4-7-20(23-19)24(12-14-8-9-25-13-14)18-3-1-2-17(22)11-18/h4-10,13,17-18H,1-3,11-12,22H2. The molecule has 1 saturated carbocycles. The first-order valence-electron chi connectivity index (χ1n) is 8.78. The van der Waals surface area contributed by atoms with Crippen molar-refractivity contribution in [1.29, 1.82) is 0 Å². The van der Waals surface area contributed by atoms with Crippen molar-refractivity contribution in [3.63, 3.8) is 0 Å². The molecule has 2 atom stereocenters. The van der Waals surface area contributed by atoms with Gasteiger partial charge in [-0.15, -0.1) is 0 Å². The van der Waals surface area contributed by atoms with E-state index in [9.17, 15) is 0 Å². The molecule has 0 spiro atoms. The molecule has 2 unspecified atom stereocenters. The average Bonchev–Trinajstić information content (AvgIpc) is 3.12. The van der Waals surface area contributed by atoms with Crippen LogP contribution in [0.4, 0.5) is 5.82 Å². The SMILES string of the molecule is NC1CCCC(N(Cc2ccsc2)c2ccc3cc(Cl)ccc3n2)C1. The number of pyridine rings is 1. The van der Waals surface area contributed by atoms with Crippen molar-refractivity contribution >= 4 is 39.7 Å². The summed E-state index contributed by atoms with van der Waals surface area (Å²) in [4.78, 5) is 7.37. The molecule has 0 saturated heterocycles. The van der Waals surface area contributed by atoms with Crippen molar-refractivity contribution in [2.75, 3.05) is 4.90 Å². The first kappa shape index (κ1) is 16.8. The van der Waals surface area contributed by atoms with Gasteiger partial charge in [0.25, 0.3) is 0 Å². The van der Waals surface area contributed by atoms with E-state index in [1.165, 1.54) is 18.4 Å². The number of fused-ring (bicyclic) bond motifs is 1. The monoisotopic (exact) mass is 371 g/mol. The number of aromatic nitrogens is 1. The van der Waals surface area contributed by atoms with Crippen molar-refractivity contribution in [3.05, 3.63) is 57.7 Å². The molecule has 1 aromatic carbocycles. The molecule has 2 heterocycles. The Morgan fingerprint density at radius 1 is 1.20 bits per heavy atom. The van der Waals surface area contributed by atoms with E-state index in [2.05, 4.69) is 33.9 Å². The zero-order valence-corrected chi connectivity index (χ0v) is 15.6. The molecule has 0 aliphatic heterocycles. The van der Waals surface area contributed by atoms with Crippen molar-refractivity contribution in [2.45, 2.75) is 44.3 Å². The van der Waals surface area contributed by atoms with Gasteiger partial charge in [-0.1, -0.05) is 11.6 Å². The number of hydrogen-bond donors (Lipinski definition) is 1. The molecule has 3 nitrogen and oxygen atoms in total. The summed E-state index contributed by atoms with van der Waals surface area (Å²) in [5.74, 6) is 1.03. The molecule has 130 valence electrons. The number of benzene rings is 1. The normalized spacial score (nSPS) is 20.7. The Kier molecular flexibility index (Phi) is 4.93. The summed E-state index contributed by atoms with van der Waals surface area (Å²) >= 11 is 7.84. The maximum absolute atomic E-state index is 6.26. The zero-order chi connectivity index (χ0) is 17.2. The Balaban J connectivity index is 1.70. The molecule has 2 N–H and O–H groups in total. The van der Waals surface area contributed by atoms with Gasteiger partial charge >= 0.3 is 0 Å². The fraction of sp³-hybridized carbons (Fsp3) is 0.350. The van der Waals surface area contributed by atoms with Gasteiger partial charge in [-0.2, -0.15) is 11.3 Å². The minimum absolute atomic E-state index is 0.294. The third kappa shape index (κ3) is 3.81. The van der Waals surface area contributed by atoms with Gasteiger partial charge in [0.1, 0.15) is 5.82 Å². The van der Waals surface area contributed by atoms with Gasteiger partial charge in [0.2, 0.25) is 0 Å². The summed E-state index contributed by atoms with van der Waals surface area (Å²) in [6.45, 7) is 0.882. The van der Waals surface area contributed by atoms with E-state index in [1.54, 1.807) is 11.3 Å². The number of anilines is 1. The number of nitrogens with two attached hydrogens (primary N) is 1.